The van der Waals surface area contributed by atoms with Crippen molar-refractivity contribution in [2.75, 3.05) is 11.0 Å². The molecule has 5 heteroatoms. The molecule has 70 valence electrons. The Morgan fingerprint density at radius 3 is 2.33 bits per heavy atom. The molecule has 0 heterocycles. The first-order valence-electron chi connectivity index (χ1n) is 3.39. The van der Waals surface area contributed by atoms with Gasteiger partial charge in [-0.05, 0) is 13.8 Å². The van der Waals surface area contributed by atoms with E-state index in [4.69, 9.17) is 9.84 Å². The molecule has 1 N–H and O–H groups in total. The van der Waals surface area contributed by atoms with Gasteiger partial charge in [0.25, 0.3) is 0 Å². The molecule has 0 aromatic carbocycles. The summed E-state index contributed by atoms with van der Waals surface area (Å²) in [6.45, 7) is 2.91. The quantitative estimate of drug-likeness (QED) is 0.363. The summed E-state index contributed by atoms with van der Waals surface area (Å²) >= 11 is 2.04. The molecular formula is C7H11IO4. The van der Waals surface area contributed by atoms with Crippen LogP contribution in [0.5, 0.6) is 0 Å². The molecule has 0 fully saturated rings. The van der Waals surface area contributed by atoms with E-state index in [1.807, 2.05) is 22.6 Å². The van der Waals surface area contributed by atoms with Crippen LogP contribution in [-0.4, -0.2) is 28.1 Å². The highest BCUT2D eigenvalue weighted by atomic mass is 127. The van der Waals surface area contributed by atoms with Crippen molar-refractivity contribution in [3.05, 3.63) is 0 Å². The first-order valence-corrected chi connectivity index (χ1v) is 4.92. The number of ether oxygens (including phenoxy) is 1. The molecule has 0 rings (SSSR count). The monoisotopic (exact) mass is 286 g/mol. The van der Waals surface area contributed by atoms with Crippen LogP contribution in [-0.2, 0) is 14.3 Å². The lowest BCUT2D eigenvalue weighted by molar-refractivity contribution is -0.165. The van der Waals surface area contributed by atoms with Crippen molar-refractivity contribution in [1.29, 1.82) is 0 Å². The lowest BCUT2D eigenvalue weighted by Gasteiger charge is -2.16. The van der Waals surface area contributed by atoms with E-state index in [1.165, 1.54) is 13.8 Å². The second-order valence-electron chi connectivity index (χ2n) is 2.76. The normalized spacial score (nSPS) is 10.9. The average molecular weight is 286 g/mol. The Balaban J connectivity index is 4.16. The van der Waals surface area contributed by atoms with Gasteiger partial charge in [-0.2, -0.15) is 0 Å². The molecule has 0 unspecified atom stereocenters. The van der Waals surface area contributed by atoms with Crippen molar-refractivity contribution >= 4 is 34.5 Å². The fourth-order valence-corrected chi connectivity index (χ4v) is 0.619. The molecule has 0 saturated carbocycles. The van der Waals surface area contributed by atoms with Crippen molar-refractivity contribution in [1.82, 2.24) is 0 Å². The number of carboxylic acids is 1. The second-order valence-corrected chi connectivity index (χ2v) is 3.83. The summed E-state index contributed by atoms with van der Waals surface area (Å²) in [7, 11) is 0. The van der Waals surface area contributed by atoms with E-state index in [0.29, 0.717) is 4.43 Å². The Kier molecular flexibility index (Phi) is 4.51. The molecule has 0 spiro atoms. The van der Waals surface area contributed by atoms with Gasteiger partial charge in [0, 0.05) is 4.43 Å². The Labute approximate surface area is 84.4 Å². The standard InChI is InChI=1S/C7H11IO4/c1-7(2,5(9)10)6(11)12-4-3-8/h3-4H2,1-2H3,(H,9,10). The number of hydrogen-bond acceptors (Lipinski definition) is 3. The van der Waals surface area contributed by atoms with E-state index >= 15 is 0 Å². The van der Waals surface area contributed by atoms with E-state index in [0.717, 1.165) is 0 Å². The maximum atomic E-state index is 11.1. The first-order chi connectivity index (χ1) is 5.42. The summed E-state index contributed by atoms with van der Waals surface area (Å²) in [5.74, 6) is -1.85. The van der Waals surface area contributed by atoms with E-state index in [1.54, 1.807) is 0 Å². The molecular weight excluding hydrogens is 275 g/mol. The van der Waals surface area contributed by atoms with Crippen LogP contribution >= 0.6 is 22.6 Å². The first kappa shape index (κ1) is 11.7. The number of aliphatic carboxylic acids is 1. The summed E-state index contributed by atoms with van der Waals surface area (Å²) in [4.78, 5) is 21.6. The van der Waals surface area contributed by atoms with Gasteiger partial charge in [0.2, 0.25) is 0 Å². The summed E-state index contributed by atoms with van der Waals surface area (Å²) < 4.78 is 5.36. The van der Waals surface area contributed by atoms with Crippen molar-refractivity contribution in [2.45, 2.75) is 13.8 Å². The number of carbonyl (C=O) groups is 2. The van der Waals surface area contributed by atoms with Crippen LogP contribution < -0.4 is 0 Å². The number of rotatable bonds is 4. The zero-order valence-corrected chi connectivity index (χ0v) is 9.12. The number of carbonyl (C=O) groups excluding carboxylic acids is 1. The molecule has 0 saturated heterocycles. The van der Waals surface area contributed by atoms with Gasteiger partial charge in [-0.1, -0.05) is 22.6 Å². The fourth-order valence-electron chi connectivity index (χ4n) is 0.399. The van der Waals surface area contributed by atoms with Crippen LogP contribution in [0.15, 0.2) is 0 Å². The van der Waals surface area contributed by atoms with Gasteiger partial charge < -0.3 is 9.84 Å². The molecule has 0 aliphatic rings. The fraction of sp³-hybridized carbons (Fsp3) is 0.714. The van der Waals surface area contributed by atoms with E-state index in [-0.39, 0.29) is 6.61 Å². The number of hydrogen-bond donors (Lipinski definition) is 1. The molecule has 0 amide bonds. The number of alkyl halides is 1. The largest absolute Gasteiger partial charge is 0.480 e. The van der Waals surface area contributed by atoms with Gasteiger partial charge >= 0.3 is 11.9 Å². The molecule has 0 aliphatic heterocycles. The molecule has 0 bridgehead atoms. The van der Waals surface area contributed by atoms with Crippen LogP contribution in [0.2, 0.25) is 0 Å². The zero-order chi connectivity index (χ0) is 9.78. The Hall–Kier alpha value is -0.330. The lowest BCUT2D eigenvalue weighted by atomic mass is 9.94. The third kappa shape index (κ3) is 2.96. The second kappa shape index (κ2) is 4.64. The number of halogens is 1. The van der Waals surface area contributed by atoms with Gasteiger partial charge in [0.05, 0.1) is 0 Å². The third-order valence-corrected chi connectivity index (χ3v) is 1.80. The minimum atomic E-state index is -1.44. The van der Waals surface area contributed by atoms with Gasteiger partial charge in [0.1, 0.15) is 6.61 Å². The molecule has 0 atom stereocenters. The summed E-state index contributed by atoms with van der Waals surface area (Å²) in [5, 5.41) is 8.61. The maximum Gasteiger partial charge on any atom is 0.322 e. The summed E-state index contributed by atoms with van der Waals surface area (Å²) in [6, 6.07) is 0. The zero-order valence-electron chi connectivity index (χ0n) is 6.96. The third-order valence-electron chi connectivity index (χ3n) is 1.36. The average Bonchev–Trinajstić information content (AvgIpc) is 1.99. The van der Waals surface area contributed by atoms with Crippen LogP contribution in [0.3, 0.4) is 0 Å². The van der Waals surface area contributed by atoms with Crippen LogP contribution in [0.1, 0.15) is 13.8 Å². The van der Waals surface area contributed by atoms with E-state index in [9.17, 15) is 9.59 Å². The van der Waals surface area contributed by atoms with Crippen molar-refractivity contribution in [3.8, 4) is 0 Å². The summed E-state index contributed by atoms with van der Waals surface area (Å²) in [5.41, 5.74) is -1.44. The SMILES string of the molecule is CC(C)(C(=O)O)C(=O)OCCI. The van der Waals surface area contributed by atoms with E-state index < -0.39 is 17.4 Å². The van der Waals surface area contributed by atoms with Gasteiger partial charge in [-0.15, -0.1) is 0 Å². The highest BCUT2D eigenvalue weighted by Crippen LogP contribution is 2.17. The Morgan fingerprint density at radius 1 is 1.50 bits per heavy atom. The Bertz CT molecular complexity index is 188. The predicted octanol–water partition coefficient (Wildman–Crippen LogP) is 1.08. The molecule has 0 aromatic rings. The van der Waals surface area contributed by atoms with Crippen molar-refractivity contribution < 1.29 is 19.4 Å². The van der Waals surface area contributed by atoms with E-state index in [2.05, 4.69) is 0 Å². The molecule has 0 aromatic heterocycles. The molecule has 12 heavy (non-hydrogen) atoms. The smallest absolute Gasteiger partial charge is 0.322 e. The highest BCUT2D eigenvalue weighted by Gasteiger charge is 2.37. The predicted molar refractivity (Wildman–Crippen MR) is 51.3 cm³/mol. The minimum Gasteiger partial charge on any atom is -0.480 e. The van der Waals surface area contributed by atoms with Crippen molar-refractivity contribution in [2.24, 2.45) is 5.41 Å². The highest BCUT2D eigenvalue weighted by molar-refractivity contribution is 14.1. The number of esters is 1. The van der Waals surface area contributed by atoms with Crippen LogP contribution in [0.4, 0.5) is 0 Å². The maximum absolute atomic E-state index is 11.1. The van der Waals surface area contributed by atoms with Gasteiger partial charge in [-0.25, -0.2) is 0 Å². The van der Waals surface area contributed by atoms with Gasteiger partial charge in [-0.3, -0.25) is 9.59 Å². The molecule has 4 nitrogen and oxygen atoms in total. The van der Waals surface area contributed by atoms with Crippen LogP contribution in [0.25, 0.3) is 0 Å². The number of carboxylic acid groups (broad SMARTS) is 1. The molecule has 0 radical (unpaired) electrons. The van der Waals surface area contributed by atoms with Gasteiger partial charge in [0.15, 0.2) is 5.41 Å². The Morgan fingerprint density at radius 2 is 2.00 bits per heavy atom. The minimum absolute atomic E-state index is 0.260. The van der Waals surface area contributed by atoms with Crippen molar-refractivity contribution in [3.63, 3.8) is 0 Å². The molecule has 0 aliphatic carbocycles. The summed E-state index contributed by atoms with van der Waals surface area (Å²) in [6.07, 6.45) is 0. The lowest BCUT2D eigenvalue weighted by Crippen LogP contribution is -2.35. The van der Waals surface area contributed by atoms with Crippen LogP contribution in [0, 0.1) is 5.41 Å². The topological polar surface area (TPSA) is 63.6 Å².